The molecule has 1 aliphatic carbocycles. The minimum atomic E-state index is -0.0261. The van der Waals surface area contributed by atoms with E-state index in [1.54, 1.807) is 18.7 Å². The molecular weight excluding hydrogens is 454 g/mol. The Morgan fingerprint density at radius 2 is 1.89 bits per heavy atom. The van der Waals surface area contributed by atoms with Crippen LogP contribution in [-0.4, -0.2) is 55.2 Å². The highest BCUT2D eigenvalue weighted by Crippen LogP contribution is 2.28. The second-order valence-corrected chi connectivity index (χ2v) is 10.5. The number of benzene rings is 1. The number of aromatic nitrogens is 6. The number of H-pyrrole nitrogens is 2. The van der Waals surface area contributed by atoms with Gasteiger partial charge in [-0.2, -0.15) is 15.1 Å². The maximum Gasteiger partial charge on any atom is 0.251 e. The van der Waals surface area contributed by atoms with Crippen LogP contribution in [0.4, 0.5) is 17.5 Å². The lowest BCUT2D eigenvalue weighted by Crippen LogP contribution is -2.42. The Morgan fingerprint density at radius 1 is 1.11 bits per heavy atom. The summed E-state index contributed by atoms with van der Waals surface area (Å²) in [7, 11) is 1.90. The second kappa shape index (κ2) is 9.60. The van der Waals surface area contributed by atoms with Crippen LogP contribution < -0.4 is 15.5 Å². The zero-order valence-electron chi connectivity index (χ0n) is 21.2. The molecule has 0 spiro atoms. The average molecular weight is 488 g/mol. The van der Waals surface area contributed by atoms with Crippen LogP contribution >= 0.6 is 0 Å². The number of nitrogens with zero attached hydrogens (tertiary/aromatic N) is 5. The van der Waals surface area contributed by atoms with Crippen LogP contribution in [0, 0.1) is 0 Å². The number of carbonyl (C=O) groups is 1. The molecule has 10 nitrogen and oxygen atoms in total. The van der Waals surface area contributed by atoms with Crippen molar-refractivity contribution in [1.29, 1.82) is 0 Å². The van der Waals surface area contributed by atoms with Crippen molar-refractivity contribution in [3.8, 4) is 0 Å². The maximum atomic E-state index is 12.9. The molecule has 5 rings (SSSR count). The minimum absolute atomic E-state index is 0.0261. The van der Waals surface area contributed by atoms with E-state index in [0.717, 1.165) is 31.4 Å². The van der Waals surface area contributed by atoms with Crippen molar-refractivity contribution in [3.63, 3.8) is 0 Å². The summed E-state index contributed by atoms with van der Waals surface area (Å²) in [6.45, 7) is 6.51. The topological polar surface area (TPSA) is 128 Å². The fraction of sp³-hybridized carbons (Fsp3) is 0.423. The highest BCUT2D eigenvalue weighted by atomic mass is 16.1. The van der Waals surface area contributed by atoms with Gasteiger partial charge in [-0.05, 0) is 48.8 Å². The van der Waals surface area contributed by atoms with Gasteiger partial charge in [0.2, 0.25) is 5.95 Å². The van der Waals surface area contributed by atoms with Crippen molar-refractivity contribution in [2.75, 3.05) is 17.3 Å². The summed E-state index contributed by atoms with van der Waals surface area (Å²) < 4.78 is 0. The number of carbonyl (C=O) groups excluding carboxylic acids is 1. The first kappa shape index (κ1) is 23.8. The van der Waals surface area contributed by atoms with Crippen LogP contribution in [0.3, 0.4) is 0 Å². The fourth-order valence-electron chi connectivity index (χ4n) is 4.65. The molecule has 10 heteroatoms. The van der Waals surface area contributed by atoms with E-state index in [-0.39, 0.29) is 23.4 Å². The summed E-state index contributed by atoms with van der Waals surface area (Å²) in [6.07, 6.45) is 8.92. The quantitative estimate of drug-likeness (QED) is 0.319. The third kappa shape index (κ3) is 5.02. The largest absolute Gasteiger partial charge is 0.365 e. The van der Waals surface area contributed by atoms with Crippen LogP contribution in [0.25, 0.3) is 11.2 Å². The van der Waals surface area contributed by atoms with Crippen molar-refractivity contribution in [2.24, 2.45) is 0 Å². The Kier molecular flexibility index (Phi) is 6.34. The Morgan fingerprint density at radius 3 is 2.61 bits per heavy atom. The summed E-state index contributed by atoms with van der Waals surface area (Å²) in [5, 5.41) is 13.6. The van der Waals surface area contributed by atoms with E-state index in [9.17, 15) is 4.79 Å². The molecule has 1 saturated carbocycles. The van der Waals surface area contributed by atoms with E-state index in [0.29, 0.717) is 28.5 Å². The van der Waals surface area contributed by atoms with E-state index in [1.165, 1.54) is 5.56 Å². The first-order valence-electron chi connectivity index (χ1n) is 12.4. The minimum Gasteiger partial charge on any atom is -0.365 e. The molecule has 1 amide bonds. The zero-order valence-corrected chi connectivity index (χ0v) is 21.2. The number of rotatable bonds is 6. The summed E-state index contributed by atoms with van der Waals surface area (Å²) >= 11 is 0. The molecule has 0 saturated heterocycles. The molecular formula is C26H33N9O. The Hall–Kier alpha value is -3.95. The third-order valence-electron chi connectivity index (χ3n) is 6.80. The molecule has 0 aliphatic heterocycles. The number of amides is 1. The standard InChI is InChI=1S/C26H33N9O/c1-26(2,3)17-10-8-16(9-11-17)24(36)32-19-7-5-6-18(12-19)31-23-21-22(28-15-27-21)33-25(34-23)35(4)20-13-29-30-14-20/h8-11,13-15,18-19H,5-7,12H2,1-4H3,(H,29,30)(H,32,36)(H2,27,28,31,33,34). The normalized spacial score (nSPS) is 18.2. The lowest BCUT2D eigenvalue weighted by Gasteiger charge is -2.31. The van der Waals surface area contributed by atoms with Gasteiger partial charge in [0.25, 0.3) is 5.91 Å². The van der Waals surface area contributed by atoms with Gasteiger partial charge in [0, 0.05) is 30.9 Å². The van der Waals surface area contributed by atoms with E-state index in [1.807, 2.05) is 36.2 Å². The van der Waals surface area contributed by atoms with Crippen LogP contribution in [0.5, 0.6) is 0 Å². The number of hydrogen-bond acceptors (Lipinski definition) is 7. The van der Waals surface area contributed by atoms with Gasteiger partial charge in [-0.15, -0.1) is 0 Å². The maximum absolute atomic E-state index is 12.9. The molecule has 3 aromatic heterocycles. The van der Waals surface area contributed by atoms with E-state index >= 15 is 0 Å². The number of aromatic amines is 2. The highest BCUT2D eigenvalue weighted by molar-refractivity contribution is 5.94. The molecule has 188 valence electrons. The lowest BCUT2D eigenvalue weighted by molar-refractivity contribution is 0.0926. The number of imidazole rings is 1. The van der Waals surface area contributed by atoms with Crippen molar-refractivity contribution >= 4 is 34.5 Å². The fourth-order valence-corrected chi connectivity index (χ4v) is 4.65. The summed E-state index contributed by atoms with van der Waals surface area (Å²) in [6, 6.07) is 8.18. The van der Waals surface area contributed by atoms with Crippen molar-refractivity contribution in [1.82, 2.24) is 35.5 Å². The van der Waals surface area contributed by atoms with Crippen LogP contribution in [-0.2, 0) is 5.41 Å². The van der Waals surface area contributed by atoms with E-state index in [2.05, 4.69) is 56.6 Å². The number of anilines is 3. The molecule has 36 heavy (non-hydrogen) atoms. The predicted molar refractivity (Wildman–Crippen MR) is 141 cm³/mol. The van der Waals surface area contributed by atoms with Gasteiger partial charge in [0.15, 0.2) is 11.5 Å². The Bertz CT molecular complexity index is 1320. The molecule has 4 N–H and O–H groups in total. The SMILES string of the molecule is CN(c1cn[nH]c1)c1nc(NC2CCCC(NC(=O)c3ccc(C(C)(C)C)cc3)C2)c2nc[nH]c2n1. The van der Waals surface area contributed by atoms with Crippen molar-refractivity contribution in [2.45, 2.75) is 64.0 Å². The summed E-state index contributed by atoms with van der Waals surface area (Å²) in [5.41, 5.74) is 4.19. The molecule has 1 fully saturated rings. The van der Waals surface area contributed by atoms with Gasteiger partial charge in [0.1, 0.15) is 5.52 Å². The molecule has 0 radical (unpaired) electrons. The molecule has 1 aliphatic rings. The van der Waals surface area contributed by atoms with Crippen LogP contribution in [0.2, 0.25) is 0 Å². The zero-order chi connectivity index (χ0) is 25.3. The third-order valence-corrected chi connectivity index (χ3v) is 6.80. The van der Waals surface area contributed by atoms with Crippen molar-refractivity contribution < 1.29 is 4.79 Å². The monoisotopic (exact) mass is 487 g/mol. The smallest absolute Gasteiger partial charge is 0.251 e. The molecule has 4 aromatic rings. The summed E-state index contributed by atoms with van der Waals surface area (Å²) in [5.74, 6) is 1.19. The molecule has 2 atom stereocenters. The number of fused-ring (bicyclic) bond motifs is 1. The number of nitrogens with one attached hydrogen (secondary N) is 4. The highest BCUT2D eigenvalue weighted by Gasteiger charge is 2.26. The van der Waals surface area contributed by atoms with Gasteiger partial charge in [-0.1, -0.05) is 32.9 Å². The lowest BCUT2D eigenvalue weighted by atomic mass is 9.86. The molecule has 2 unspecified atom stereocenters. The van der Waals surface area contributed by atoms with Gasteiger partial charge in [-0.3, -0.25) is 9.89 Å². The molecule has 3 heterocycles. The average Bonchev–Trinajstić information content (AvgIpc) is 3.56. The van der Waals surface area contributed by atoms with E-state index < -0.39 is 0 Å². The van der Waals surface area contributed by atoms with Gasteiger partial charge < -0.3 is 20.5 Å². The van der Waals surface area contributed by atoms with Crippen molar-refractivity contribution in [3.05, 3.63) is 54.1 Å². The van der Waals surface area contributed by atoms with Gasteiger partial charge >= 0.3 is 0 Å². The Labute approximate surface area is 210 Å². The van der Waals surface area contributed by atoms with Gasteiger partial charge in [-0.25, -0.2) is 4.98 Å². The Balaban J connectivity index is 1.28. The van der Waals surface area contributed by atoms with E-state index in [4.69, 9.17) is 4.98 Å². The molecule has 0 bridgehead atoms. The predicted octanol–water partition coefficient (Wildman–Crippen LogP) is 4.29. The first-order chi connectivity index (χ1) is 17.3. The van der Waals surface area contributed by atoms with Gasteiger partial charge in [0.05, 0.1) is 18.2 Å². The second-order valence-electron chi connectivity index (χ2n) is 10.5. The first-order valence-corrected chi connectivity index (χ1v) is 12.4. The van der Waals surface area contributed by atoms with Crippen LogP contribution in [0.1, 0.15) is 62.4 Å². The molecule has 1 aromatic carbocycles. The van der Waals surface area contributed by atoms with Crippen LogP contribution in [0.15, 0.2) is 43.0 Å². The summed E-state index contributed by atoms with van der Waals surface area (Å²) in [4.78, 5) is 31.7. The number of hydrogen-bond donors (Lipinski definition) is 4.